The molecule has 0 heterocycles. The van der Waals surface area contributed by atoms with Crippen LogP contribution in [0.25, 0.3) is 0 Å². The van der Waals surface area contributed by atoms with Crippen LogP contribution in [0.2, 0.25) is 0 Å². The molecule has 1 amide bonds. The molecule has 0 saturated carbocycles. The zero-order valence-corrected chi connectivity index (χ0v) is 8.60. The molecule has 0 aliphatic heterocycles. The van der Waals surface area contributed by atoms with E-state index in [4.69, 9.17) is 5.11 Å². The van der Waals surface area contributed by atoms with E-state index in [9.17, 15) is 14.7 Å². The van der Waals surface area contributed by atoms with Gasteiger partial charge in [0.2, 0.25) is 0 Å². The fraction of sp³-hybridized carbons (Fsp3) is 0.0909. The van der Waals surface area contributed by atoms with E-state index in [1.807, 2.05) is 0 Å². The van der Waals surface area contributed by atoms with E-state index in [1.165, 1.54) is 19.1 Å². The van der Waals surface area contributed by atoms with Crippen molar-refractivity contribution in [2.24, 2.45) is 0 Å². The van der Waals surface area contributed by atoms with Gasteiger partial charge in [-0.2, -0.15) is 0 Å². The molecule has 0 bridgehead atoms. The van der Waals surface area contributed by atoms with Crippen molar-refractivity contribution in [1.29, 1.82) is 0 Å². The molecule has 0 saturated heterocycles. The fourth-order valence-corrected chi connectivity index (χ4v) is 1.05. The highest BCUT2D eigenvalue weighted by atomic mass is 16.4. The lowest BCUT2D eigenvalue weighted by Gasteiger charge is -2.06. The molecule has 5 heteroatoms. The van der Waals surface area contributed by atoms with Gasteiger partial charge in [0.25, 0.3) is 5.91 Å². The number of phenols is 1. The van der Waals surface area contributed by atoms with Crippen LogP contribution in [0.15, 0.2) is 35.9 Å². The Morgan fingerprint density at radius 2 is 1.94 bits per heavy atom. The Balaban J connectivity index is 2.80. The van der Waals surface area contributed by atoms with E-state index in [-0.39, 0.29) is 17.0 Å². The summed E-state index contributed by atoms with van der Waals surface area (Å²) in [5.41, 5.74) is 0.293. The number of benzene rings is 1. The molecule has 0 radical (unpaired) electrons. The summed E-state index contributed by atoms with van der Waals surface area (Å²) < 4.78 is 0. The maximum atomic E-state index is 11.4. The van der Waals surface area contributed by atoms with Crippen LogP contribution in [0, 0.1) is 0 Å². The van der Waals surface area contributed by atoms with Crippen LogP contribution in [-0.2, 0) is 9.59 Å². The van der Waals surface area contributed by atoms with Gasteiger partial charge in [0, 0.05) is 11.6 Å². The van der Waals surface area contributed by atoms with Crippen LogP contribution in [0.4, 0.5) is 5.69 Å². The topological polar surface area (TPSA) is 86.6 Å². The molecule has 5 nitrogen and oxygen atoms in total. The number of hydrogen-bond acceptors (Lipinski definition) is 3. The number of rotatable bonds is 3. The summed E-state index contributed by atoms with van der Waals surface area (Å²) in [6.07, 6.45) is 0.801. The number of aliphatic carboxylic acids is 1. The molecule has 0 spiro atoms. The lowest BCUT2D eigenvalue weighted by molar-refractivity contribution is -0.131. The Morgan fingerprint density at radius 1 is 1.31 bits per heavy atom. The van der Waals surface area contributed by atoms with E-state index in [2.05, 4.69) is 5.32 Å². The minimum Gasteiger partial charge on any atom is -0.506 e. The zero-order chi connectivity index (χ0) is 12.1. The van der Waals surface area contributed by atoms with E-state index in [1.54, 1.807) is 12.1 Å². The van der Waals surface area contributed by atoms with Crippen LogP contribution in [0.3, 0.4) is 0 Å². The lowest BCUT2D eigenvalue weighted by atomic mass is 10.2. The molecule has 1 aromatic carbocycles. The number of amides is 1. The van der Waals surface area contributed by atoms with Crippen LogP contribution in [-0.4, -0.2) is 22.1 Å². The van der Waals surface area contributed by atoms with E-state index < -0.39 is 11.9 Å². The summed E-state index contributed by atoms with van der Waals surface area (Å²) in [6.45, 7) is 1.38. The summed E-state index contributed by atoms with van der Waals surface area (Å²) >= 11 is 0. The molecule has 0 aromatic heterocycles. The summed E-state index contributed by atoms with van der Waals surface area (Å²) in [6, 6.07) is 6.20. The van der Waals surface area contributed by atoms with Gasteiger partial charge in [-0.25, -0.2) is 4.79 Å². The monoisotopic (exact) mass is 221 g/mol. The zero-order valence-electron chi connectivity index (χ0n) is 8.60. The molecule has 0 aliphatic rings. The Hall–Kier alpha value is -2.30. The Kier molecular flexibility index (Phi) is 3.66. The van der Waals surface area contributed by atoms with Crippen molar-refractivity contribution >= 4 is 17.6 Å². The van der Waals surface area contributed by atoms with Gasteiger partial charge in [-0.1, -0.05) is 12.1 Å². The van der Waals surface area contributed by atoms with Crippen LogP contribution >= 0.6 is 0 Å². The highest BCUT2D eigenvalue weighted by Gasteiger charge is 2.08. The summed E-state index contributed by atoms with van der Waals surface area (Å²) in [5, 5.41) is 20.2. The number of carbonyl (C=O) groups is 2. The van der Waals surface area contributed by atoms with E-state index in [0.717, 1.165) is 6.08 Å². The van der Waals surface area contributed by atoms with Gasteiger partial charge in [-0.15, -0.1) is 0 Å². The highest BCUT2D eigenvalue weighted by Crippen LogP contribution is 2.21. The predicted molar refractivity (Wildman–Crippen MR) is 58.1 cm³/mol. The molecule has 16 heavy (non-hydrogen) atoms. The third-order valence-electron chi connectivity index (χ3n) is 1.85. The molecule has 84 valence electrons. The summed E-state index contributed by atoms with van der Waals surface area (Å²) in [5.74, 6) is -1.83. The quantitative estimate of drug-likeness (QED) is 0.531. The lowest BCUT2D eigenvalue weighted by Crippen LogP contribution is -2.13. The van der Waals surface area contributed by atoms with Crippen molar-refractivity contribution in [3.8, 4) is 5.75 Å². The van der Waals surface area contributed by atoms with Gasteiger partial charge in [0.05, 0.1) is 5.69 Å². The van der Waals surface area contributed by atoms with Crippen LogP contribution in [0.5, 0.6) is 5.75 Å². The first kappa shape index (κ1) is 11.8. The smallest absolute Gasteiger partial charge is 0.328 e. The molecule has 1 aromatic rings. The molecule has 0 atom stereocenters. The van der Waals surface area contributed by atoms with Gasteiger partial charge >= 0.3 is 5.97 Å². The fourth-order valence-electron chi connectivity index (χ4n) is 1.05. The van der Waals surface area contributed by atoms with Crippen molar-refractivity contribution < 1.29 is 19.8 Å². The van der Waals surface area contributed by atoms with Crippen molar-refractivity contribution in [2.45, 2.75) is 6.92 Å². The minimum atomic E-state index is -1.19. The average molecular weight is 221 g/mol. The highest BCUT2D eigenvalue weighted by molar-refractivity contribution is 6.06. The summed E-state index contributed by atoms with van der Waals surface area (Å²) in [4.78, 5) is 21.8. The van der Waals surface area contributed by atoms with E-state index >= 15 is 0 Å². The third-order valence-corrected chi connectivity index (χ3v) is 1.85. The first-order valence-electron chi connectivity index (χ1n) is 4.51. The maximum Gasteiger partial charge on any atom is 0.328 e. The number of carboxylic acid groups (broad SMARTS) is 1. The number of nitrogens with one attached hydrogen (secondary N) is 1. The van der Waals surface area contributed by atoms with Crippen molar-refractivity contribution in [3.63, 3.8) is 0 Å². The predicted octanol–water partition coefficient (Wildman–Crippen LogP) is 1.36. The second kappa shape index (κ2) is 4.97. The number of para-hydroxylation sites is 2. The largest absolute Gasteiger partial charge is 0.506 e. The van der Waals surface area contributed by atoms with Gasteiger partial charge in [-0.05, 0) is 19.1 Å². The average Bonchev–Trinajstić information content (AvgIpc) is 2.20. The molecular formula is C11H11NO4. The SMILES string of the molecule is C/C(=C\C(=O)O)C(=O)Nc1ccccc1O. The first-order chi connectivity index (χ1) is 7.50. The van der Waals surface area contributed by atoms with Gasteiger partial charge < -0.3 is 15.5 Å². The van der Waals surface area contributed by atoms with E-state index in [0.29, 0.717) is 0 Å². The number of hydrogen-bond donors (Lipinski definition) is 3. The summed E-state index contributed by atoms with van der Waals surface area (Å²) in [7, 11) is 0. The minimum absolute atomic E-state index is 0.0516. The molecule has 0 fully saturated rings. The standard InChI is InChI=1S/C11H11NO4/c1-7(6-10(14)15)11(16)12-8-4-2-3-5-9(8)13/h2-6,13H,1H3,(H,12,16)(H,14,15)/b7-6+. The normalized spacial score (nSPS) is 10.9. The van der Waals surface area contributed by atoms with Crippen molar-refractivity contribution in [1.82, 2.24) is 0 Å². The second-order valence-electron chi connectivity index (χ2n) is 3.14. The molecule has 0 aliphatic carbocycles. The first-order valence-corrected chi connectivity index (χ1v) is 4.51. The molecule has 3 N–H and O–H groups in total. The third kappa shape index (κ3) is 3.13. The van der Waals surface area contributed by atoms with Gasteiger partial charge in [0.15, 0.2) is 0 Å². The van der Waals surface area contributed by atoms with Gasteiger partial charge in [0.1, 0.15) is 5.75 Å². The number of anilines is 1. The Morgan fingerprint density at radius 3 is 2.50 bits per heavy atom. The molecular weight excluding hydrogens is 210 g/mol. The van der Waals surface area contributed by atoms with Crippen molar-refractivity contribution in [2.75, 3.05) is 5.32 Å². The second-order valence-corrected chi connectivity index (χ2v) is 3.14. The Labute approximate surface area is 92.0 Å². The van der Waals surface area contributed by atoms with Crippen LogP contribution < -0.4 is 5.32 Å². The number of aromatic hydroxyl groups is 1. The number of carbonyl (C=O) groups excluding carboxylic acids is 1. The molecule has 1 rings (SSSR count). The van der Waals surface area contributed by atoms with Crippen molar-refractivity contribution in [3.05, 3.63) is 35.9 Å². The number of phenolic OH excluding ortho intramolecular Hbond substituents is 1. The maximum absolute atomic E-state index is 11.4. The molecule has 0 unspecified atom stereocenters. The number of carboxylic acids is 1. The van der Waals surface area contributed by atoms with Gasteiger partial charge in [-0.3, -0.25) is 4.79 Å². The van der Waals surface area contributed by atoms with Crippen LogP contribution in [0.1, 0.15) is 6.92 Å². The Bertz CT molecular complexity index is 451.